The number of hydrogen-bond donors (Lipinski definition) is 2. The molecule has 1 heterocycles. The number of rotatable bonds is 9. The summed E-state index contributed by atoms with van der Waals surface area (Å²) in [7, 11) is 0. The molecule has 164 valence electrons. The van der Waals surface area contributed by atoms with Gasteiger partial charge in [0.1, 0.15) is 0 Å². The molecular formula is C24H39ClN2O2. The summed E-state index contributed by atoms with van der Waals surface area (Å²) in [5, 5.41) is 14.6. The van der Waals surface area contributed by atoms with Gasteiger partial charge in [-0.2, -0.15) is 0 Å². The fraction of sp³-hybridized carbons (Fsp3) is 0.708. The van der Waals surface area contributed by atoms with E-state index in [4.69, 9.17) is 0 Å². The minimum absolute atomic E-state index is 0. The van der Waals surface area contributed by atoms with Crippen molar-refractivity contribution >= 4 is 18.3 Å². The van der Waals surface area contributed by atoms with E-state index in [1.54, 1.807) is 0 Å². The first-order valence-electron chi connectivity index (χ1n) is 11.3. The standard InChI is InChI=1S/C24H38N2O2.ClH/c1-3-19(2)9-8-16-26-17-14-22(15-18-26)25-23(27)24(28,21-12-7-13-21)20-10-5-4-6-11-20;/h4-6,10-11,19,21-22,28H,3,7-9,12-18H2,1-2H3,(H,25,27);1H/t19-,24?;/m0./s1. The van der Waals surface area contributed by atoms with Gasteiger partial charge in [0, 0.05) is 25.0 Å². The molecule has 5 heteroatoms. The predicted octanol–water partition coefficient (Wildman–Crippen LogP) is 4.50. The molecule has 0 spiro atoms. The van der Waals surface area contributed by atoms with Crippen LogP contribution in [0.1, 0.15) is 70.8 Å². The van der Waals surface area contributed by atoms with Gasteiger partial charge in [-0.3, -0.25) is 4.79 Å². The maximum Gasteiger partial charge on any atom is 0.257 e. The van der Waals surface area contributed by atoms with Crippen LogP contribution in [0.25, 0.3) is 0 Å². The van der Waals surface area contributed by atoms with Gasteiger partial charge in [-0.05, 0) is 56.6 Å². The highest BCUT2D eigenvalue weighted by Gasteiger charge is 2.48. The number of carbonyl (C=O) groups excluding carboxylic acids is 1. The summed E-state index contributed by atoms with van der Waals surface area (Å²) in [6.45, 7) is 7.84. The maximum atomic E-state index is 13.2. The zero-order valence-corrected chi connectivity index (χ0v) is 18.9. The summed E-state index contributed by atoms with van der Waals surface area (Å²) in [6.07, 6.45) is 8.73. The minimum atomic E-state index is -1.38. The molecule has 1 saturated heterocycles. The van der Waals surface area contributed by atoms with E-state index in [0.717, 1.165) is 56.7 Å². The monoisotopic (exact) mass is 422 g/mol. The number of hydrogen-bond acceptors (Lipinski definition) is 3. The van der Waals surface area contributed by atoms with Gasteiger partial charge < -0.3 is 15.3 Å². The molecule has 1 amide bonds. The van der Waals surface area contributed by atoms with Crippen LogP contribution in [0, 0.1) is 11.8 Å². The Balaban J connectivity index is 0.00000300. The van der Waals surface area contributed by atoms with E-state index in [1.165, 1.54) is 25.8 Å². The van der Waals surface area contributed by atoms with E-state index in [-0.39, 0.29) is 30.3 Å². The average Bonchev–Trinajstić information content (AvgIpc) is 2.68. The molecule has 0 aromatic heterocycles. The number of aliphatic hydroxyl groups is 1. The molecule has 0 radical (unpaired) electrons. The number of halogens is 1. The molecule has 4 nitrogen and oxygen atoms in total. The number of carbonyl (C=O) groups is 1. The number of piperidine rings is 1. The van der Waals surface area contributed by atoms with Crippen molar-refractivity contribution in [2.45, 2.75) is 76.9 Å². The van der Waals surface area contributed by atoms with Crippen LogP contribution >= 0.6 is 12.4 Å². The third-order valence-electron chi connectivity index (χ3n) is 7.05. The third kappa shape index (κ3) is 5.96. The Labute approximate surface area is 182 Å². The van der Waals surface area contributed by atoms with Crippen molar-refractivity contribution < 1.29 is 9.90 Å². The molecule has 29 heavy (non-hydrogen) atoms. The molecule has 0 bridgehead atoms. The van der Waals surface area contributed by atoms with Crippen molar-refractivity contribution in [3.05, 3.63) is 35.9 Å². The molecule has 2 fully saturated rings. The second kappa shape index (κ2) is 11.3. The van der Waals surface area contributed by atoms with E-state index in [2.05, 4.69) is 24.1 Å². The summed E-state index contributed by atoms with van der Waals surface area (Å²) in [5.74, 6) is 0.660. The fourth-order valence-corrected chi connectivity index (χ4v) is 4.53. The number of nitrogens with zero attached hydrogens (tertiary/aromatic N) is 1. The fourth-order valence-electron chi connectivity index (χ4n) is 4.53. The molecule has 1 unspecified atom stereocenters. The van der Waals surface area contributed by atoms with Gasteiger partial charge in [-0.1, -0.05) is 57.0 Å². The van der Waals surface area contributed by atoms with Crippen molar-refractivity contribution in [1.82, 2.24) is 10.2 Å². The maximum absolute atomic E-state index is 13.2. The van der Waals surface area contributed by atoms with Crippen molar-refractivity contribution in [3.63, 3.8) is 0 Å². The average molecular weight is 423 g/mol. The van der Waals surface area contributed by atoms with Gasteiger partial charge in [0.2, 0.25) is 0 Å². The van der Waals surface area contributed by atoms with Gasteiger partial charge in [0.25, 0.3) is 5.91 Å². The summed E-state index contributed by atoms with van der Waals surface area (Å²) in [4.78, 5) is 15.7. The van der Waals surface area contributed by atoms with Crippen molar-refractivity contribution in [1.29, 1.82) is 0 Å². The second-order valence-electron chi connectivity index (χ2n) is 9.01. The summed E-state index contributed by atoms with van der Waals surface area (Å²) in [6, 6.07) is 9.69. The summed E-state index contributed by atoms with van der Waals surface area (Å²) < 4.78 is 0. The first kappa shape index (κ1) is 24.2. The molecule has 2 aliphatic rings. The quantitative estimate of drug-likeness (QED) is 0.615. The van der Waals surface area contributed by atoms with Crippen molar-refractivity contribution in [2.75, 3.05) is 19.6 Å². The summed E-state index contributed by atoms with van der Waals surface area (Å²) in [5.41, 5.74) is -0.646. The number of benzene rings is 1. The molecule has 1 aromatic rings. The SMILES string of the molecule is CC[C@H](C)CCCN1CCC(NC(=O)C(O)(c2ccccc2)C2CCC2)CC1.Cl. The Bertz CT molecular complexity index is 615. The zero-order valence-electron chi connectivity index (χ0n) is 18.1. The van der Waals surface area contributed by atoms with Gasteiger partial charge in [0.05, 0.1) is 0 Å². The molecule has 1 saturated carbocycles. The first-order valence-corrected chi connectivity index (χ1v) is 11.3. The molecule has 3 rings (SSSR count). The highest BCUT2D eigenvalue weighted by Crippen LogP contribution is 2.42. The van der Waals surface area contributed by atoms with Crippen LogP contribution in [0.15, 0.2) is 30.3 Å². The number of amides is 1. The Morgan fingerprint density at radius 2 is 1.86 bits per heavy atom. The first-order chi connectivity index (χ1) is 13.5. The Morgan fingerprint density at radius 1 is 1.21 bits per heavy atom. The lowest BCUT2D eigenvalue weighted by Crippen LogP contribution is -2.55. The summed E-state index contributed by atoms with van der Waals surface area (Å²) >= 11 is 0. The lowest BCUT2D eigenvalue weighted by molar-refractivity contribution is -0.153. The highest BCUT2D eigenvalue weighted by atomic mass is 35.5. The molecule has 2 atom stereocenters. The Morgan fingerprint density at radius 3 is 2.41 bits per heavy atom. The predicted molar refractivity (Wildman–Crippen MR) is 121 cm³/mol. The van der Waals surface area contributed by atoms with Crippen LogP contribution < -0.4 is 5.32 Å². The van der Waals surface area contributed by atoms with Crippen LogP contribution in [-0.2, 0) is 10.4 Å². The molecule has 1 aliphatic carbocycles. The van der Waals surface area contributed by atoms with E-state index < -0.39 is 5.60 Å². The number of likely N-dealkylation sites (tertiary alicyclic amines) is 1. The van der Waals surface area contributed by atoms with Crippen LogP contribution in [-0.4, -0.2) is 41.6 Å². The Hall–Kier alpha value is -1.10. The van der Waals surface area contributed by atoms with Gasteiger partial charge >= 0.3 is 0 Å². The van der Waals surface area contributed by atoms with Crippen LogP contribution in [0.5, 0.6) is 0 Å². The van der Waals surface area contributed by atoms with E-state index >= 15 is 0 Å². The third-order valence-corrected chi connectivity index (χ3v) is 7.05. The Kier molecular flexibility index (Phi) is 9.45. The largest absolute Gasteiger partial charge is 0.375 e. The smallest absolute Gasteiger partial charge is 0.257 e. The van der Waals surface area contributed by atoms with Crippen LogP contribution in [0.2, 0.25) is 0 Å². The lowest BCUT2D eigenvalue weighted by atomic mass is 9.69. The van der Waals surface area contributed by atoms with Gasteiger partial charge in [-0.25, -0.2) is 0 Å². The zero-order chi connectivity index (χ0) is 20.0. The molecular weight excluding hydrogens is 384 g/mol. The van der Waals surface area contributed by atoms with Crippen LogP contribution in [0.4, 0.5) is 0 Å². The lowest BCUT2D eigenvalue weighted by Gasteiger charge is -2.42. The van der Waals surface area contributed by atoms with E-state index in [1.807, 2.05) is 30.3 Å². The highest BCUT2D eigenvalue weighted by molar-refractivity contribution is 5.87. The second-order valence-corrected chi connectivity index (χ2v) is 9.01. The molecule has 2 N–H and O–H groups in total. The molecule has 1 aliphatic heterocycles. The normalized spacial score (nSPS) is 21.5. The van der Waals surface area contributed by atoms with Gasteiger partial charge in [-0.15, -0.1) is 12.4 Å². The minimum Gasteiger partial charge on any atom is -0.375 e. The van der Waals surface area contributed by atoms with E-state index in [9.17, 15) is 9.90 Å². The van der Waals surface area contributed by atoms with Crippen LogP contribution in [0.3, 0.4) is 0 Å². The van der Waals surface area contributed by atoms with Crippen molar-refractivity contribution in [2.24, 2.45) is 11.8 Å². The van der Waals surface area contributed by atoms with Crippen molar-refractivity contribution in [3.8, 4) is 0 Å². The van der Waals surface area contributed by atoms with E-state index in [0.29, 0.717) is 0 Å². The number of nitrogens with one attached hydrogen (secondary N) is 1. The topological polar surface area (TPSA) is 52.6 Å². The van der Waals surface area contributed by atoms with Gasteiger partial charge in [0.15, 0.2) is 5.60 Å². The molecule has 1 aromatic carbocycles.